The van der Waals surface area contributed by atoms with Crippen LogP contribution in [-0.2, 0) is 0 Å². The first kappa shape index (κ1) is 75.3. The van der Waals surface area contributed by atoms with Crippen LogP contribution < -0.4 is 41.3 Å². The van der Waals surface area contributed by atoms with E-state index in [2.05, 4.69) is 215 Å². The number of aryl methyl sites for hydroxylation is 1. The number of hydrogen-bond acceptors (Lipinski definition) is 3. The van der Waals surface area contributed by atoms with Crippen molar-refractivity contribution in [2.45, 2.75) is 219 Å². The van der Waals surface area contributed by atoms with Crippen LogP contribution in [0.15, 0.2) is 217 Å². The number of hydrogen-bond donors (Lipinski definition) is 0. The topological polar surface area (TPSA) is 35.8 Å². The minimum Gasteiger partial charge on any atom is -0.490 e. The van der Waals surface area contributed by atoms with Crippen LogP contribution in [-0.4, -0.2) is 36.8 Å². The zero-order chi connectivity index (χ0) is 68.2. The summed E-state index contributed by atoms with van der Waals surface area (Å²) in [5.41, 5.74) is 6.52. The van der Waals surface area contributed by atoms with E-state index < -0.39 is 35.2 Å². The Morgan fingerprint density at radius 3 is 1.19 bits per heavy atom. The maximum atomic E-state index is 16.7. The van der Waals surface area contributed by atoms with Crippen LogP contribution in [0.4, 0.5) is 8.63 Å². The molecule has 0 spiro atoms. The van der Waals surface area contributed by atoms with Gasteiger partial charge < -0.3 is 14.0 Å². The minimum absolute atomic E-state index is 0.437. The van der Waals surface area contributed by atoms with Crippen LogP contribution in [0.1, 0.15) is 240 Å². The molecule has 2 atom stereocenters. The van der Waals surface area contributed by atoms with E-state index in [-0.39, 0.29) is 0 Å². The van der Waals surface area contributed by atoms with Gasteiger partial charge in [-0.1, -0.05) is 369 Å². The monoisotopic (exact) mass is 1350 g/mol. The second-order valence-corrected chi connectivity index (χ2v) is 31.4. The quantitative estimate of drug-likeness (QED) is 0.0217. The van der Waals surface area contributed by atoms with Crippen molar-refractivity contribution in [1.82, 2.24) is 4.48 Å². The predicted octanol–water partition coefficient (Wildman–Crippen LogP) is 23.6. The van der Waals surface area contributed by atoms with Gasteiger partial charge in [0.25, 0.3) is 0 Å². The van der Waals surface area contributed by atoms with Crippen LogP contribution in [0, 0.1) is 6.92 Å². The van der Waals surface area contributed by atoms with Crippen LogP contribution in [0.5, 0.6) is 11.5 Å². The summed E-state index contributed by atoms with van der Waals surface area (Å²) in [5, 5.41) is 7.42. The molecule has 0 N–H and O–H groups in total. The zero-order valence-electron chi connectivity index (χ0n) is 59.7. The Hall–Kier alpha value is -6.91. The molecule has 0 bridgehead atoms. The van der Waals surface area contributed by atoms with Gasteiger partial charge in [-0.15, -0.1) is 0 Å². The van der Waals surface area contributed by atoms with E-state index in [1.54, 1.807) is 0 Å². The van der Waals surface area contributed by atoms with Gasteiger partial charge in [0.05, 0.1) is 25.0 Å². The van der Waals surface area contributed by atoms with Crippen molar-refractivity contribution in [3.8, 4) is 11.5 Å². The van der Waals surface area contributed by atoms with Crippen molar-refractivity contribution in [1.29, 1.82) is 0 Å². The molecule has 2 unspecified atom stereocenters. The summed E-state index contributed by atoms with van der Waals surface area (Å²) in [5.74, 6) is 0.764. The van der Waals surface area contributed by atoms with E-state index in [4.69, 9.17) is 14.5 Å². The highest BCUT2D eigenvalue weighted by atomic mass is 31.1. The van der Waals surface area contributed by atoms with Crippen molar-refractivity contribution >= 4 is 79.0 Å². The third-order valence-corrected chi connectivity index (χ3v) is 24.4. The lowest BCUT2D eigenvalue weighted by Crippen LogP contribution is -2.26. The average molecular weight is 1350 g/mol. The Morgan fingerprint density at radius 2 is 0.786 bits per heavy atom. The highest BCUT2D eigenvalue weighted by Crippen LogP contribution is 2.43. The maximum Gasteiger partial charge on any atom is 0.677 e. The number of unbranched alkanes of at least 4 members (excludes halogenated alkanes) is 26. The Bertz CT molecular complexity index is 3600. The molecule has 4 nitrogen and oxygen atoms in total. The van der Waals surface area contributed by atoms with Crippen LogP contribution in [0.25, 0.3) is 18.2 Å². The molecular weight excluding hydrogens is 1240 g/mol. The molecule has 0 aliphatic carbocycles. The molecule has 0 saturated heterocycles. The molecule has 9 rings (SSSR count). The predicted molar refractivity (Wildman–Crippen MR) is 426 cm³/mol. The normalized spacial score (nSPS) is 13.5. The SMILES string of the molecule is CCCCCCCCCCCCCCCCOc1ccc(C(c2c(C)cc(/C=C\c3ccccc3P(c3ccccc3)c3ccccc3)n2B(F)F)C2N=C(/C=C/c3ccccc3P(c3ccccc3)c3ccccc3)C=C2C)cc1OCCCCCCCCCCCCCCCC. The van der Waals surface area contributed by atoms with Gasteiger partial charge in [-0.3, -0.25) is 13.6 Å². The number of aliphatic imine (C=N–C) groups is 1. The molecule has 0 fully saturated rings. The largest absolute Gasteiger partial charge is 0.677 e. The van der Waals surface area contributed by atoms with Crippen LogP contribution in [0.3, 0.4) is 0 Å². The third kappa shape index (κ3) is 23.3. The van der Waals surface area contributed by atoms with Crippen molar-refractivity contribution in [3.63, 3.8) is 0 Å². The zero-order valence-corrected chi connectivity index (χ0v) is 61.5. The summed E-state index contributed by atoms with van der Waals surface area (Å²) in [6.45, 7) is 9.82. The van der Waals surface area contributed by atoms with Gasteiger partial charge in [-0.05, 0) is 139 Å². The van der Waals surface area contributed by atoms with E-state index >= 15 is 8.63 Å². The van der Waals surface area contributed by atoms with Gasteiger partial charge in [0.2, 0.25) is 0 Å². The second kappa shape index (κ2) is 42.9. The number of allylic oxidation sites excluding steroid dienone is 2. The molecule has 516 valence electrons. The van der Waals surface area contributed by atoms with Gasteiger partial charge in [0, 0.05) is 17.3 Å². The number of nitrogens with zero attached hydrogens (tertiary/aromatic N) is 2. The highest BCUT2D eigenvalue weighted by molar-refractivity contribution is 7.80. The van der Waals surface area contributed by atoms with Crippen LogP contribution in [0.2, 0.25) is 0 Å². The lowest BCUT2D eigenvalue weighted by Gasteiger charge is -2.27. The lowest BCUT2D eigenvalue weighted by molar-refractivity contribution is 0.258. The van der Waals surface area contributed by atoms with E-state index in [0.29, 0.717) is 36.1 Å². The molecule has 1 aromatic heterocycles. The number of rotatable bonds is 46. The number of ether oxygens (including phenoxy) is 2. The van der Waals surface area contributed by atoms with Gasteiger partial charge in [0.15, 0.2) is 11.5 Å². The first-order chi connectivity index (χ1) is 48.3. The summed E-state index contributed by atoms with van der Waals surface area (Å²) in [6, 6.07) is 67.7. The first-order valence-electron chi connectivity index (χ1n) is 37.8. The molecule has 8 aromatic rings. The lowest BCUT2D eigenvalue weighted by atomic mass is 9.83. The van der Waals surface area contributed by atoms with Crippen molar-refractivity contribution < 1.29 is 18.1 Å². The minimum atomic E-state index is -2.85. The molecule has 9 heteroatoms. The van der Waals surface area contributed by atoms with Gasteiger partial charge in [0.1, 0.15) is 0 Å². The van der Waals surface area contributed by atoms with E-state index in [9.17, 15) is 0 Å². The summed E-state index contributed by atoms with van der Waals surface area (Å²) >= 11 is 0. The molecule has 0 saturated carbocycles. The molecule has 0 radical (unpaired) electrons. The molecular formula is C89H111BF2N2O2P2. The van der Waals surface area contributed by atoms with Gasteiger partial charge >= 0.3 is 7.40 Å². The Morgan fingerprint density at radius 1 is 0.418 bits per heavy atom. The van der Waals surface area contributed by atoms with Crippen molar-refractivity contribution in [3.05, 3.63) is 245 Å². The smallest absolute Gasteiger partial charge is 0.490 e. The molecule has 2 heterocycles. The summed E-state index contributed by atoms with van der Waals surface area (Å²) in [4.78, 5) is 5.58. The first-order valence-corrected chi connectivity index (χ1v) is 40.5. The molecule has 7 aromatic carbocycles. The second-order valence-electron chi connectivity index (χ2n) is 27.0. The molecule has 98 heavy (non-hydrogen) atoms. The fraction of sp³-hybridized carbons (Fsp3) is 0.404. The Kier molecular flexibility index (Phi) is 33.0. The Labute approximate surface area is 592 Å². The summed E-state index contributed by atoms with van der Waals surface area (Å²) in [6.07, 6.45) is 46.5. The fourth-order valence-electron chi connectivity index (χ4n) is 14.1. The van der Waals surface area contributed by atoms with E-state index in [1.165, 1.54) is 185 Å². The highest BCUT2D eigenvalue weighted by Gasteiger charge is 2.37. The van der Waals surface area contributed by atoms with Gasteiger partial charge in [-0.25, -0.2) is 0 Å². The van der Waals surface area contributed by atoms with E-state index in [0.717, 1.165) is 64.5 Å². The fourth-order valence-corrected chi connectivity index (χ4v) is 18.9. The number of aromatic nitrogens is 1. The molecule has 1 aliphatic rings. The van der Waals surface area contributed by atoms with Crippen molar-refractivity contribution in [2.75, 3.05) is 13.2 Å². The summed E-state index contributed by atoms with van der Waals surface area (Å²) < 4.78 is 48.2. The van der Waals surface area contributed by atoms with E-state index in [1.807, 2.05) is 37.3 Å². The standard InChI is InChI=1S/C89H111BF2N2O2P2/c1-5-7-9-11-13-15-17-19-21-23-25-27-29-47-67-95-83-66-63-76(71-84(83)96-68-48-30-28-26-24-22-20-18-16-14-12-10-8-6-2)87(88-72(3)69-77(93-88)64-61-74-49-43-45-59-85(74)97(79-51-35-31-36-52-79)80-53-37-32-38-54-80)89-73(4)70-78(94(89)90(91)92)65-62-75-50-44-46-60-86(75)98(81-55-39-33-40-56-81)82-57-41-34-42-58-82/h31-46,49-66,69-71,87-88H,5-30,47-48,67-68H2,1-4H3/b64-61+,65-62-. The Balaban J connectivity index is 1.01. The average Bonchev–Trinajstić information content (AvgIpc) is 1.59. The third-order valence-electron chi connectivity index (χ3n) is 19.4. The number of halogens is 2. The molecule has 0 amide bonds. The summed E-state index contributed by atoms with van der Waals surface area (Å²) in [7, 11) is -4.68. The molecule has 1 aliphatic heterocycles. The van der Waals surface area contributed by atoms with Crippen molar-refractivity contribution in [2.24, 2.45) is 4.99 Å². The number of benzene rings is 7. The maximum absolute atomic E-state index is 16.7. The van der Waals surface area contributed by atoms with Crippen LogP contribution >= 0.6 is 15.8 Å². The van der Waals surface area contributed by atoms with Gasteiger partial charge in [-0.2, -0.15) is 0 Å².